The molecule has 2 atom stereocenters. The summed E-state index contributed by atoms with van der Waals surface area (Å²) in [6, 6.07) is 0.832. The third kappa shape index (κ3) is 5.88. The quantitative estimate of drug-likeness (QED) is 0.514. The molecule has 1 N–H and O–H groups in total. The Hall–Kier alpha value is -0.480. The van der Waals surface area contributed by atoms with E-state index in [1.807, 2.05) is 0 Å². The van der Waals surface area contributed by atoms with Crippen LogP contribution in [-0.2, 0) is 0 Å². The van der Waals surface area contributed by atoms with E-state index in [1.54, 1.807) is 0 Å². The van der Waals surface area contributed by atoms with Gasteiger partial charge in [-0.3, -0.25) is 0 Å². The molecule has 2 saturated carbocycles. The van der Waals surface area contributed by atoms with Crippen LogP contribution in [0.1, 0.15) is 83.5 Å². The fourth-order valence-corrected chi connectivity index (χ4v) is 4.05. The SMILES string of the molecule is C#CC1CCCC(CCCCCNC2CCCCC2)C1. The lowest BCUT2D eigenvalue weighted by Crippen LogP contribution is -2.31. The average molecular weight is 275 g/mol. The summed E-state index contributed by atoms with van der Waals surface area (Å²) in [4.78, 5) is 0. The van der Waals surface area contributed by atoms with Crippen LogP contribution < -0.4 is 5.32 Å². The van der Waals surface area contributed by atoms with Crippen LogP contribution in [0.15, 0.2) is 0 Å². The first-order valence-corrected chi connectivity index (χ1v) is 9.08. The van der Waals surface area contributed by atoms with E-state index in [-0.39, 0.29) is 0 Å². The Kier molecular flexibility index (Phi) is 7.52. The number of unbranched alkanes of at least 4 members (excludes halogenated alkanes) is 2. The lowest BCUT2D eigenvalue weighted by Gasteiger charge is -2.26. The lowest BCUT2D eigenvalue weighted by molar-refractivity contribution is 0.288. The van der Waals surface area contributed by atoms with Gasteiger partial charge in [-0.25, -0.2) is 0 Å². The second-order valence-electron chi connectivity index (χ2n) is 7.03. The van der Waals surface area contributed by atoms with Gasteiger partial charge in [0.15, 0.2) is 0 Å². The van der Waals surface area contributed by atoms with Gasteiger partial charge in [-0.2, -0.15) is 0 Å². The van der Waals surface area contributed by atoms with Crippen LogP contribution in [-0.4, -0.2) is 12.6 Å². The van der Waals surface area contributed by atoms with Crippen LogP contribution in [0.25, 0.3) is 0 Å². The van der Waals surface area contributed by atoms with E-state index in [4.69, 9.17) is 6.42 Å². The van der Waals surface area contributed by atoms with E-state index in [2.05, 4.69) is 11.2 Å². The van der Waals surface area contributed by atoms with Gasteiger partial charge in [0, 0.05) is 12.0 Å². The van der Waals surface area contributed by atoms with Gasteiger partial charge in [0.1, 0.15) is 0 Å². The van der Waals surface area contributed by atoms with Gasteiger partial charge in [-0.15, -0.1) is 12.3 Å². The van der Waals surface area contributed by atoms with Crippen LogP contribution in [0.3, 0.4) is 0 Å². The molecule has 20 heavy (non-hydrogen) atoms. The minimum absolute atomic E-state index is 0.585. The third-order valence-corrected chi connectivity index (χ3v) is 5.35. The van der Waals surface area contributed by atoms with Crippen molar-refractivity contribution in [1.29, 1.82) is 0 Å². The molecule has 114 valence electrons. The highest BCUT2D eigenvalue weighted by atomic mass is 14.9. The second-order valence-corrected chi connectivity index (χ2v) is 7.03. The van der Waals surface area contributed by atoms with E-state index in [1.165, 1.54) is 90.0 Å². The molecular formula is C19H33N. The molecule has 2 rings (SSSR count). The molecule has 2 aliphatic carbocycles. The minimum Gasteiger partial charge on any atom is -0.314 e. The molecule has 2 fully saturated rings. The molecule has 0 amide bonds. The Balaban J connectivity index is 1.44. The van der Waals surface area contributed by atoms with Gasteiger partial charge >= 0.3 is 0 Å². The van der Waals surface area contributed by atoms with Gasteiger partial charge in [0.25, 0.3) is 0 Å². The molecule has 2 unspecified atom stereocenters. The first-order valence-electron chi connectivity index (χ1n) is 9.08. The minimum atomic E-state index is 0.585. The van der Waals surface area contributed by atoms with Crippen molar-refractivity contribution < 1.29 is 0 Å². The maximum Gasteiger partial charge on any atom is 0.0202 e. The summed E-state index contributed by atoms with van der Waals surface area (Å²) in [7, 11) is 0. The number of terminal acetylenes is 1. The Morgan fingerprint density at radius 1 is 0.900 bits per heavy atom. The zero-order valence-electron chi connectivity index (χ0n) is 13.2. The second kappa shape index (κ2) is 9.46. The maximum atomic E-state index is 5.57. The van der Waals surface area contributed by atoms with Crippen molar-refractivity contribution in [3.05, 3.63) is 0 Å². The van der Waals surface area contributed by atoms with Crippen LogP contribution in [0, 0.1) is 24.2 Å². The molecule has 2 aliphatic rings. The van der Waals surface area contributed by atoms with E-state index in [0.717, 1.165) is 12.0 Å². The van der Waals surface area contributed by atoms with Gasteiger partial charge in [0.05, 0.1) is 0 Å². The average Bonchev–Trinajstić information content (AvgIpc) is 2.52. The summed E-state index contributed by atoms with van der Waals surface area (Å²) in [5.41, 5.74) is 0. The zero-order valence-corrected chi connectivity index (χ0v) is 13.2. The standard InChI is InChI=1S/C19H33N/c1-2-17-11-9-12-18(16-17)10-5-4-8-15-20-19-13-6-3-7-14-19/h1,17-20H,3-16H2. The fraction of sp³-hybridized carbons (Fsp3) is 0.895. The summed E-state index contributed by atoms with van der Waals surface area (Å²) in [5.74, 6) is 4.48. The molecule has 0 radical (unpaired) electrons. The normalized spacial score (nSPS) is 28.1. The zero-order chi connectivity index (χ0) is 14.0. The Morgan fingerprint density at radius 2 is 1.75 bits per heavy atom. The van der Waals surface area contributed by atoms with Gasteiger partial charge in [-0.05, 0) is 44.6 Å². The van der Waals surface area contributed by atoms with Crippen molar-refractivity contribution >= 4 is 0 Å². The van der Waals surface area contributed by atoms with Crippen molar-refractivity contribution in [1.82, 2.24) is 5.32 Å². The summed E-state index contributed by atoms with van der Waals surface area (Å²) < 4.78 is 0. The van der Waals surface area contributed by atoms with E-state index in [9.17, 15) is 0 Å². The van der Waals surface area contributed by atoms with Crippen molar-refractivity contribution in [3.8, 4) is 12.3 Å². The molecule has 0 aromatic rings. The molecule has 0 aromatic carbocycles. The summed E-state index contributed by atoms with van der Waals surface area (Å²) >= 11 is 0. The molecule has 0 spiro atoms. The van der Waals surface area contributed by atoms with Crippen molar-refractivity contribution in [2.45, 2.75) is 89.5 Å². The van der Waals surface area contributed by atoms with Gasteiger partial charge < -0.3 is 5.32 Å². The predicted molar refractivity (Wildman–Crippen MR) is 87.6 cm³/mol. The molecule has 0 aromatic heterocycles. The third-order valence-electron chi connectivity index (χ3n) is 5.35. The maximum absolute atomic E-state index is 5.57. The van der Waals surface area contributed by atoms with Gasteiger partial charge in [0.2, 0.25) is 0 Å². The first-order chi connectivity index (χ1) is 9.88. The van der Waals surface area contributed by atoms with Crippen LogP contribution in [0.2, 0.25) is 0 Å². The fourth-order valence-electron chi connectivity index (χ4n) is 4.05. The number of hydrogen-bond donors (Lipinski definition) is 1. The smallest absolute Gasteiger partial charge is 0.0202 e. The first kappa shape index (κ1) is 15.9. The Morgan fingerprint density at radius 3 is 2.55 bits per heavy atom. The van der Waals surface area contributed by atoms with E-state index < -0.39 is 0 Å². The molecular weight excluding hydrogens is 242 g/mol. The molecule has 0 bridgehead atoms. The van der Waals surface area contributed by atoms with Crippen molar-refractivity contribution in [2.24, 2.45) is 11.8 Å². The van der Waals surface area contributed by atoms with Crippen LogP contribution in [0.5, 0.6) is 0 Å². The molecule has 0 heterocycles. The summed E-state index contributed by atoms with van der Waals surface area (Å²) in [6.45, 7) is 1.24. The van der Waals surface area contributed by atoms with Crippen LogP contribution >= 0.6 is 0 Å². The number of nitrogens with one attached hydrogen (secondary N) is 1. The van der Waals surface area contributed by atoms with Crippen LogP contribution in [0.4, 0.5) is 0 Å². The predicted octanol–water partition coefficient (Wildman–Crippen LogP) is 4.91. The highest BCUT2D eigenvalue weighted by molar-refractivity contribution is 4.95. The molecule has 0 saturated heterocycles. The molecule has 1 heteroatoms. The Bertz CT molecular complexity index is 285. The van der Waals surface area contributed by atoms with Crippen molar-refractivity contribution in [2.75, 3.05) is 6.54 Å². The molecule has 0 aliphatic heterocycles. The highest BCUT2D eigenvalue weighted by Gasteiger charge is 2.19. The highest BCUT2D eigenvalue weighted by Crippen LogP contribution is 2.31. The monoisotopic (exact) mass is 275 g/mol. The lowest BCUT2D eigenvalue weighted by atomic mass is 9.79. The Labute approximate surface area is 126 Å². The summed E-state index contributed by atoms with van der Waals surface area (Å²) in [5, 5.41) is 3.75. The van der Waals surface area contributed by atoms with Crippen molar-refractivity contribution in [3.63, 3.8) is 0 Å². The number of hydrogen-bond acceptors (Lipinski definition) is 1. The topological polar surface area (TPSA) is 12.0 Å². The summed E-state index contributed by atoms with van der Waals surface area (Å²) in [6.07, 6.45) is 23.7. The van der Waals surface area contributed by atoms with E-state index in [0.29, 0.717) is 5.92 Å². The van der Waals surface area contributed by atoms with E-state index >= 15 is 0 Å². The van der Waals surface area contributed by atoms with Gasteiger partial charge in [-0.1, -0.05) is 51.4 Å². The molecule has 1 nitrogen and oxygen atoms in total. The number of rotatable bonds is 7. The largest absolute Gasteiger partial charge is 0.314 e.